The lowest BCUT2D eigenvalue weighted by Crippen LogP contribution is -2.71. The van der Waals surface area contributed by atoms with Gasteiger partial charge in [-0.2, -0.15) is 0 Å². The number of amidine groups is 1. The van der Waals surface area contributed by atoms with Gasteiger partial charge in [-0.25, -0.2) is 0 Å². The molecule has 0 saturated carbocycles. The number of nitrogens with one attached hydrogen (secondary N) is 1. The summed E-state index contributed by atoms with van der Waals surface area (Å²) in [5, 5.41) is 10.5. The van der Waals surface area contributed by atoms with E-state index in [0.717, 1.165) is 13.1 Å². The molecule has 0 aliphatic rings. The van der Waals surface area contributed by atoms with E-state index in [1.165, 1.54) is 5.69 Å². The molecule has 0 radical (unpaired) electrons. The molecule has 4 N–H and O–H groups in total. The quantitative estimate of drug-likeness (QED) is 0.270. The fourth-order valence-corrected chi connectivity index (χ4v) is 1.42. The summed E-state index contributed by atoms with van der Waals surface area (Å²) in [4.78, 5) is 2.20. The summed E-state index contributed by atoms with van der Waals surface area (Å²) < 4.78 is 0. The van der Waals surface area contributed by atoms with Crippen LogP contribution in [0.2, 0.25) is 0 Å². The van der Waals surface area contributed by atoms with Gasteiger partial charge in [0.1, 0.15) is 0 Å². The van der Waals surface area contributed by atoms with Crippen LogP contribution < -0.4 is 15.8 Å². The van der Waals surface area contributed by atoms with Gasteiger partial charge in [-0.3, -0.25) is 5.73 Å². The van der Waals surface area contributed by atoms with Gasteiger partial charge in [-0.1, -0.05) is 23.4 Å². The van der Waals surface area contributed by atoms with Gasteiger partial charge < -0.3 is 10.1 Å². The Hall–Kier alpha value is -1.71. The van der Waals surface area contributed by atoms with Crippen molar-refractivity contribution in [2.75, 3.05) is 18.0 Å². The van der Waals surface area contributed by atoms with Gasteiger partial charge in [-0.15, -0.1) is 0 Å². The fraction of sp³-hybridized carbons (Fsp3) is 0.364. The highest BCUT2D eigenvalue weighted by Crippen LogP contribution is 2.12. The van der Waals surface area contributed by atoms with Crippen molar-refractivity contribution in [2.24, 2.45) is 5.73 Å². The van der Waals surface area contributed by atoms with Crippen LogP contribution in [0.5, 0.6) is 0 Å². The standard InChI is InChI=1S/C11H17N3O/c1-2-14(9-8-11(12)13-15)10-6-4-3-5-7-10/h3-7,15H,2,8-9H2,1H3,(H2,12,13)/p+1. The molecule has 0 fully saturated rings. The Morgan fingerprint density at radius 1 is 1.40 bits per heavy atom. The first-order valence-corrected chi connectivity index (χ1v) is 5.09. The fourth-order valence-electron chi connectivity index (χ4n) is 1.42. The molecule has 0 aliphatic carbocycles. The second-order valence-corrected chi connectivity index (χ2v) is 3.30. The van der Waals surface area contributed by atoms with E-state index in [1.807, 2.05) is 23.4 Å². The number of rotatable bonds is 5. The van der Waals surface area contributed by atoms with Crippen LogP contribution in [0.3, 0.4) is 0 Å². The van der Waals surface area contributed by atoms with E-state index in [4.69, 9.17) is 10.9 Å². The maximum Gasteiger partial charge on any atom is 0.280 e. The van der Waals surface area contributed by atoms with E-state index in [9.17, 15) is 0 Å². The first kappa shape index (κ1) is 11.4. The molecule has 0 unspecified atom stereocenters. The zero-order valence-corrected chi connectivity index (χ0v) is 8.98. The SMILES string of the molecule is CCN(CCC(N)=[NH+]O)c1ccccc1. The number of benzene rings is 1. The van der Waals surface area contributed by atoms with Crippen LogP contribution >= 0.6 is 0 Å². The van der Waals surface area contributed by atoms with E-state index in [-0.39, 0.29) is 0 Å². The van der Waals surface area contributed by atoms with E-state index in [0.29, 0.717) is 12.3 Å². The predicted octanol–water partition coefficient (Wildman–Crippen LogP) is -0.270. The van der Waals surface area contributed by atoms with Gasteiger partial charge in [0.2, 0.25) is 0 Å². The Kier molecular flexibility index (Phi) is 4.47. The summed E-state index contributed by atoms with van der Waals surface area (Å²) >= 11 is 0. The van der Waals surface area contributed by atoms with Crippen molar-refractivity contribution in [3.63, 3.8) is 0 Å². The highest BCUT2D eigenvalue weighted by atomic mass is 16.4. The summed E-state index contributed by atoms with van der Waals surface area (Å²) in [5.74, 6) is 0.393. The Bertz CT molecular complexity index is 311. The molecule has 0 aromatic heterocycles. The molecule has 82 valence electrons. The van der Waals surface area contributed by atoms with Crippen molar-refractivity contribution in [1.29, 1.82) is 0 Å². The maximum absolute atomic E-state index is 8.56. The molecule has 0 atom stereocenters. The average molecular weight is 208 g/mol. The molecule has 1 aromatic rings. The van der Waals surface area contributed by atoms with Crippen molar-refractivity contribution in [2.45, 2.75) is 13.3 Å². The molecule has 0 bridgehead atoms. The van der Waals surface area contributed by atoms with Crippen LogP contribution in [0.15, 0.2) is 30.3 Å². The topological polar surface area (TPSA) is 63.5 Å². The van der Waals surface area contributed by atoms with E-state index in [2.05, 4.69) is 24.0 Å². The third-order valence-corrected chi connectivity index (χ3v) is 2.30. The molecule has 0 amide bonds. The zero-order chi connectivity index (χ0) is 11.1. The molecule has 4 nitrogen and oxygen atoms in total. The first-order valence-electron chi connectivity index (χ1n) is 5.09. The molecule has 15 heavy (non-hydrogen) atoms. The molecule has 1 aromatic carbocycles. The van der Waals surface area contributed by atoms with Crippen molar-refractivity contribution < 1.29 is 10.4 Å². The molecule has 0 heterocycles. The van der Waals surface area contributed by atoms with Gasteiger partial charge in [-0.05, 0) is 19.1 Å². The van der Waals surface area contributed by atoms with Crippen LogP contribution in [0.1, 0.15) is 13.3 Å². The van der Waals surface area contributed by atoms with Crippen molar-refractivity contribution in [3.8, 4) is 0 Å². The summed E-state index contributed by atoms with van der Waals surface area (Å²) in [6, 6.07) is 10.1. The monoisotopic (exact) mass is 208 g/mol. The average Bonchev–Trinajstić information content (AvgIpc) is 2.31. The maximum atomic E-state index is 8.56. The largest absolute Gasteiger partial charge is 0.371 e. The number of anilines is 1. The van der Waals surface area contributed by atoms with Gasteiger partial charge in [0, 0.05) is 18.8 Å². The zero-order valence-electron chi connectivity index (χ0n) is 8.98. The lowest BCUT2D eigenvalue weighted by atomic mass is 10.2. The van der Waals surface area contributed by atoms with E-state index >= 15 is 0 Å². The number of hydrogen-bond donors (Lipinski definition) is 3. The highest BCUT2D eigenvalue weighted by Gasteiger charge is 2.06. The van der Waals surface area contributed by atoms with Crippen molar-refractivity contribution >= 4 is 11.5 Å². The Balaban J connectivity index is 2.57. The normalized spacial score (nSPS) is 11.4. The first-order chi connectivity index (χ1) is 7.27. The van der Waals surface area contributed by atoms with Gasteiger partial charge in [0.15, 0.2) is 0 Å². The molecular formula is C11H18N3O+. The summed E-state index contributed by atoms with van der Waals surface area (Å²) in [5.41, 5.74) is 6.65. The number of nitrogens with two attached hydrogens (primary N) is 1. The highest BCUT2D eigenvalue weighted by molar-refractivity contribution is 5.74. The number of hydrogen-bond acceptors (Lipinski definition) is 2. The Morgan fingerprint density at radius 2 is 2.07 bits per heavy atom. The van der Waals surface area contributed by atoms with Gasteiger partial charge in [0.05, 0.1) is 6.42 Å². The Labute approximate surface area is 90.0 Å². The molecule has 0 spiro atoms. The number of para-hydroxylation sites is 1. The minimum atomic E-state index is 0.393. The van der Waals surface area contributed by atoms with Crippen LogP contribution in [-0.2, 0) is 0 Å². The Morgan fingerprint density at radius 3 is 2.60 bits per heavy atom. The lowest BCUT2D eigenvalue weighted by Gasteiger charge is -2.21. The number of nitrogens with zero attached hydrogens (tertiary/aromatic N) is 1. The van der Waals surface area contributed by atoms with Crippen LogP contribution in [-0.4, -0.2) is 24.1 Å². The molecule has 1 rings (SSSR count). The minimum Gasteiger partial charge on any atom is -0.371 e. The molecule has 4 heteroatoms. The molecule has 0 saturated heterocycles. The van der Waals surface area contributed by atoms with Gasteiger partial charge in [0.25, 0.3) is 5.84 Å². The van der Waals surface area contributed by atoms with E-state index < -0.39 is 0 Å². The predicted molar refractivity (Wildman–Crippen MR) is 60.9 cm³/mol. The van der Waals surface area contributed by atoms with Crippen LogP contribution in [0.25, 0.3) is 0 Å². The summed E-state index contributed by atoms with van der Waals surface area (Å²) in [7, 11) is 0. The van der Waals surface area contributed by atoms with E-state index in [1.54, 1.807) is 0 Å². The summed E-state index contributed by atoms with van der Waals surface area (Å²) in [6.45, 7) is 3.80. The second-order valence-electron chi connectivity index (χ2n) is 3.30. The van der Waals surface area contributed by atoms with Crippen LogP contribution in [0.4, 0.5) is 5.69 Å². The smallest absolute Gasteiger partial charge is 0.280 e. The third kappa shape index (κ3) is 3.50. The van der Waals surface area contributed by atoms with Crippen molar-refractivity contribution in [1.82, 2.24) is 0 Å². The van der Waals surface area contributed by atoms with Crippen LogP contribution in [0, 0.1) is 0 Å². The summed E-state index contributed by atoms with van der Waals surface area (Å²) in [6.07, 6.45) is 0.624. The third-order valence-electron chi connectivity index (χ3n) is 2.30. The second kappa shape index (κ2) is 5.90. The lowest BCUT2D eigenvalue weighted by molar-refractivity contribution is -0.738. The van der Waals surface area contributed by atoms with Gasteiger partial charge >= 0.3 is 0 Å². The van der Waals surface area contributed by atoms with Crippen molar-refractivity contribution in [3.05, 3.63) is 30.3 Å². The molecular weight excluding hydrogens is 190 g/mol. The minimum absolute atomic E-state index is 0.393. The molecule has 0 aliphatic heterocycles.